The molecular formula is C10H10FNO4. The van der Waals surface area contributed by atoms with Crippen molar-refractivity contribution in [3.63, 3.8) is 0 Å². The second kappa shape index (κ2) is 4.69. The number of benzene rings is 1. The maximum atomic E-state index is 13.3. The van der Waals surface area contributed by atoms with Gasteiger partial charge in [0.2, 0.25) is 0 Å². The van der Waals surface area contributed by atoms with Gasteiger partial charge in [0.25, 0.3) is 0 Å². The lowest BCUT2D eigenvalue weighted by Crippen LogP contribution is -2.06. The summed E-state index contributed by atoms with van der Waals surface area (Å²) in [5.74, 6) is -1.72. The zero-order chi connectivity index (χ0) is 12.3. The van der Waals surface area contributed by atoms with E-state index in [1.54, 1.807) is 6.92 Å². The number of carbonyl (C=O) groups is 1. The highest BCUT2D eigenvalue weighted by Crippen LogP contribution is 2.33. The third-order valence-corrected chi connectivity index (χ3v) is 1.92. The van der Waals surface area contributed by atoms with Crippen LogP contribution in [0.25, 0.3) is 0 Å². The molecule has 1 aromatic rings. The lowest BCUT2D eigenvalue weighted by molar-refractivity contribution is -0.386. The Balaban J connectivity index is 3.49. The summed E-state index contributed by atoms with van der Waals surface area (Å²) in [6.07, 6.45) is 0. The molecule has 0 heterocycles. The van der Waals surface area contributed by atoms with E-state index < -0.39 is 27.8 Å². The molecule has 86 valence electrons. The maximum Gasteiger partial charge on any atom is 0.324 e. The SMILES string of the molecule is CCOc1ccc(F)c(C(C)=O)c1[N+](=O)[O-]. The van der Waals surface area contributed by atoms with Gasteiger partial charge in [-0.25, -0.2) is 4.39 Å². The van der Waals surface area contributed by atoms with E-state index in [1.807, 2.05) is 0 Å². The zero-order valence-electron chi connectivity index (χ0n) is 8.82. The van der Waals surface area contributed by atoms with Crippen LogP contribution in [0.4, 0.5) is 10.1 Å². The van der Waals surface area contributed by atoms with Crippen molar-refractivity contribution in [2.24, 2.45) is 0 Å². The van der Waals surface area contributed by atoms with Gasteiger partial charge in [-0.2, -0.15) is 0 Å². The fourth-order valence-electron chi connectivity index (χ4n) is 1.34. The molecule has 0 N–H and O–H groups in total. The van der Waals surface area contributed by atoms with Gasteiger partial charge in [0.1, 0.15) is 11.4 Å². The minimum atomic E-state index is -0.914. The Hall–Kier alpha value is -1.98. The quantitative estimate of drug-likeness (QED) is 0.449. The van der Waals surface area contributed by atoms with Gasteiger partial charge in [0.15, 0.2) is 11.5 Å². The predicted octanol–water partition coefficient (Wildman–Crippen LogP) is 2.34. The second-order valence-corrected chi connectivity index (χ2v) is 3.02. The fourth-order valence-corrected chi connectivity index (χ4v) is 1.34. The molecule has 0 aliphatic carbocycles. The first kappa shape index (κ1) is 12.1. The minimum Gasteiger partial charge on any atom is -0.487 e. The number of ether oxygens (including phenoxy) is 1. The number of rotatable bonds is 4. The first-order valence-corrected chi connectivity index (χ1v) is 4.59. The predicted molar refractivity (Wildman–Crippen MR) is 54.2 cm³/mol. The van der Waals surface area contributed by atoms with Crippen molar-refractivity contribution in [2.45, 2.75) is 13.8 Å². The molecule has 0 fully saturated rings. The summed E-state index contributed by atoms with van der Waals surface area (Å²) in [6.45, 7) is 2.91. The van der Waals surface area contributed by atoms with Crippen LogP contribution in [-0.4, -0.2) is 17.3 Å². The summed E-state index contributed by atoms with van der Waals surface area (Å²) in [5, 5.41) is 10.8. The van der Waals surface area contributed by atoms with Crippen molar-refractivity contribution in [3.05, 3.63) is 33.6 Å². The van der Waals surface area contributed by atoms with Crippen LogP contribution in [0.3, 0.4) is 0 Å². The normalized spacial score (nSPS) is 9.94. The minimum absolute atomic E-state index is 0.0981. The molecule has 6 heteroatoms. The van der Waals surface area contributed by atoms with Gasteiger partial charge in [-0.3, -0.25) is 14.9 Å². The van der Waals surface area contributed by atoms with E-state index in [0.29, 0.717) is 0 Å². The van der Waals surface area contributed by atoms with E-state index in [0.717, 1.165) is 19.1 Å². The number of hydrogen-bond donors (Lipinski definition) is 0. The summed E-state index contributed by atoms with van der Waals surface area (Å²) in [7, 11) is 0. The number of carbonyl (C=O) groups excluding carboxylic acids is 1. The Labute approximate surface area is 91.0 Å². The number of ketones is 1. The van der Waals surface area contributed by atoms with Crippen molar-refractivity contribution in [1.82, 2.24) is 0 Å². The van der Waals surface area contributed by atoms with Gasteiger partial charge < -0.3 is 4.74 Å². The summed E-state index contributed by atoms with van der Waals surface area (Å²) >= 11 is 0. The summed E-state index contributed by atoms with van der Waals surface area (Å²) < 4.78 is 18.3. The molecule has 0 radical (unpaired) electrons. The summed E-state index contributed by atoms with van der Waals surface area (Å²) in [4.78, 5) is 21.1. The number of hydrogen-bond acceptors (Lipinski definition) is 4. The molecule has 0 bridgehead atoms. The Morgan fingerprint density at radius 2 is 2.19 bits per heavy atom. The third-order valence-electron chi connectivity index (χ3n) is 1.92. The van der Waals surface area contributed by atoms with Crippen LogP contribution < -0.4 is 4.74 Å². The zero-order valence-corrected chi connectivity index (χ0v) is 8.82. The van der Waals surface area contributed by atoms with Crippen molar-refractivity contribution >= 4 is 11.5 Å². The average Bonchev–Trinajstić information content (AvgIpc) is 2.19. The maximum absolute atomic E-state index is 13.3. The Bertz CT molecular complexity index is 445. The van der Waals surface area contributed by atoms with Crippen LogP contribution in [-0.2, 0) is 0 Å². The van der Waals surface area contributed by atoms with Gasteiger partial charge in [-0.1, -0.05) is 0 Å². The number of nitro benzene ring substituents is 1. The van der Waals surface area contributed by atoms with Gasteiger partial charge in [-0.05, 0) is 26.0 Å². The molecule has 0 aromatic heterocycles. The van der Waals surface area contributed by atoms with Crippen molar-refractivity contribution < 1.29 is 18.8 Å². The molecule has 0 spiro atoms. The first-order valence-electron chi connectivity index (χ1n) is 4.59. The number of nitrogens with zero attached hydrogens (tertiary/aromatic N) is 1. The van der Waals surface area contributed by atoms with Crippen LogP contribution in [0.1, 0.15) is 24.2 Å². The molecular weight excluding hydrogens is 217 g/mol. The Morgan fingerprint density at radius 3 is 2.62 bits per heavy atom. The van der Waals surface area contributed by atoms with E-state index >= 15 is 0 Å². The molecule has 1 rings (SSSR count). The number of nitro groups is 1. The van der Waals surface area contributed by atoms with Gasteiger partial charge >= 0.3 is 5.69 Å². The first-order chi connectivity index (χ1) is 7.49. The molecule has 1 aromatic carbocycles. The monoisotopic (exact) mass is 227 g/mol. The topological polar surface area (TPSA) is 69.4 Å². The fraction of sp³-hybridized carbons (Fsp3) is 0.300. The average molecular weight is 227 g/mol. The molecule has 5 nitrogen and oxygen atoms in total. The number of Topliss-reactive ketones (excluding diaryl/α,β-unsaturated/α-hetero) is 1. The lowest BCUT2D eigenvalue weighted by Gasteiger charge is -2.07. The molecule has 0 saturated carbocycles. The standard InChI is InChI=1S/C10H10FNO4/c1-3-16-8-5-4-7(11)9(6(2)13)10(8)12(14)15/h4-5H,3H2,1-2H3. The van der Waals surface area contributed by atoms with E-state index in [9.17, 15) is 19.3 Å². The highest BCUT2D eigenvalue weighted by molar-refractivity contribution is 5.99. The summed E-state index contributed by atoms with van der Waals surface area (Å²) in [6, 6.07) is 2.12. The third kappa shape index (κ3) is 2.16. The van der Waals surface area contributed by atoms with Crippen LogP contribution in [0, 0.1) is 15.9 Å². The highest BCUT2D eigenvalue weighted by atomic mass is 19.1. The largest absolute Gasteiger partial charge is 0.487 e. The smallest absolute Gasteiger partial charge is 0.324 e. The van der Waals surface area contributed by atoms with E-state index in [2.05, 4.69) is 0 Å². The lowest BCUT2D eigenvalue weighted by atomic mass is 10.1. The van der Waals surface area contributed by atoms with Gasteiger partial charge in [0.05, 0.1) is 11.5 Å². The molecule has 0 atom stereocenters. The van der Waals surface area contributed by atoms with Crippen LogP contribution in [0.2, 0.25) is 0 Å². The van der Waals surface area contributed by atoms with Crippen molar-refractivity contribution in [2.75, 3.05) is 6.61 Å². The van der Waals surface area contributed by atoms with Gasteiger partial charge in [-0.15, -0.1) is 0 Å². The van der Waals surface area contributed by atoms with Crippen molar-refractivity contribution in [1.29, 1.82) is 0 Å². The molecule has 0 amide bonds. The number of halogens is 1. The molecule has 0 unspecified atom stereocenters. The molecule has 0 saturated heterocycles. The Kier molecular flexibility index (Phi) is 3.55. The second-order valence-electron chi connectivity index (χ2n) is 3.02. The van der Waals surface area contributed by atoms with Crippen molar-refractivity contribution in [3.8, 4) is 5.75 Å². The van der Waals surface area contributed by atoms with E-state index in [4.69, 9.17) is 4.74 Å². The van der Waals surface area contributed by atoms with Crippen LogP contribution >= 0.6 is 0 Å². The van der Waals surface area contributed by atoms with E-state index in [1.165, 1.54) is 0 Å². The highest BCUT2D eigenvalue weighted by Gasteiger charge is 2.27. The summed E-state index contributed by atoms with van der Waals surface area (Å²) in [5.41, 5.74) is -1.16. The molecule has 0 aliphatic rings. The molecule has 16 heavy (non-hydrogen) atoms. The van der Waals surface area contributed by atoms with E-state index in [-0.39, 0.29) is 12.4 Å². The molecule has 0 aliphatic heterocycles. The van der Waals surface area contributed by atoms with Crippen LogP contribution in [0.15, 0.2) is 12.1 Å². The van der Waals surface area contributed by atoms with Crippen LogP contribution in [0.5, 0.6) is 5.75 Å². The Morgan fingerprint density at radius 1 is 1.56 bits per heavy atom. The van der Waals surface area contributed by atoms with Gasteiger partial charge in [0, 0.05) is 0 Å².